The predicted octanol–water partition coefficient (Wildman–Crippen LogP) is 2.53. The molecule has 0 aromatic carbocycles. The summed E-state index contributed by atoms with van der Waals surface area (Å²) in [5, 5.41) is 3.81. The normalized spacial score (nSPS) is 23.9. The highest BCUT2D eigenvalue weighted by Gasteiger charge is 2.23. The number of halogens is 1. The Bertz CT molecular complexity index is 386. The molecule has 1 saturated heterocycles. The number of hydrogen-bond donors (Lipinski definition) is 1. The van der Waals surface area contributed by atoms with Gasteiger partial charge in [0.05, 0.1) is 6.10 Å². The number of anilines is 1. The molecule has 1 N–H and O–H groups in total. The Morgan fingerprint density at radius 3 is 3.00 bits per heavy atom. The first-order valence-corrected chi connectivity index (χ1v) is 6.45. The number of rotatable bonds is 4. The van der Waals surface area contributed by atoms with E-state index in [-0.39, 0.29) is 0 Å². The Labute approximate surface area is 107 Å². The largest absolute Gasteiger partial charge is 0.378 e. The van der Waals surface area contributed by atoms with Crippen molar-refractivity contribution in [3.8, 4) is 0 Å². The summed E-state index contributed by atoms with van der Waals surface area (Å²) in [6.07, 6.45) is 2.22. The van der Waals surface area contributed by atoms with Crippen LogP contribution in [0.2, 0.25) is 5.15 Å². The van der Waals surface area contributed by atoms with Crippen molar-refractivity contribution in [2.45, 2.75) is 32.8 Å². The maximum atomic E-state index is 5.94. The van der Waals surface area contributed by atoms with Gasteiger partial charge in [0.25, 0.3) is 0 Å². The van der Waals surface area contributed by atoms with Crippen molar-refractivity contribution < 1.29 is 4.74 Å². The zero-order valence-electron chi connectivity index (χ0n) is 10.2. The molecule has 0 bridgehead atoms. The molecule has 94 valence electrons. The first kappa shape index (κ1) is 12.6. The zero-order valence-corrected chi connectivity index (χ0v) is 11.0. The number of aryl methyl sites for hydroxylation is 1. The Balaban J connectivity index is 1.96. The van der Waals surface area contributed by atoms with Crippen molar-refractivity contribution >= 4 is 17.4 Å². The first-order chi connectivity index (χ1) is 8.19. The number of nitrogens with one attached hydrogen (secondary N) is 1. The van der Waals surface area contributed by atoms with Crippen LogP contribution in [0.5, 0.6) is 0 Å². The van der Waals surface area contributed by atoms with Crippen LogP contribution in [0.15, 0.2) is 6.07 Å². The molecule has 1 aromatic rings. The van der Waals surface area contributed by atoms with Crippen LogP contribution in [-0.4, -0.2) is 29.2 Å². The van der Waals surface area contributed by atoms with Crippen LogP contribution in [0.1, 0.15) is 26.1 Å². The van der Waals surface area contributed by atoms with Crippen molar-refractivity contribution in [2.75, 3.05) is 18.5 Å². The summed E-state index contributed by atoms with van der Waals surface area (Å²) < 4.78 is 5.52. The molecule has 0 amide bonds. The maximum Gasteiger partial charge on any atom is 0.134 e. The predicted molar refractivity (Wildman–Crippen MR) is 68.4 cm³/mol. The monoisotopic (exact) mass is 255 g/mol. The Morgan fingerprint density at radius 1 is 1.53 bits per heavy atom. The van der Waals surface area contributed by atoms with E-state index in [4.69, 9.17) is 16.3 Å². The summed E-state index contributed by atoms with van der Waals surface area (Å²) in [5.74, 6) is 2.13. The van der Waals surface area contributed by atoms with Gasteiger partial charge in [0.15, 0.2) is 0 Å². The first-order valence-electron chi connectivity index (χ1n) is 6.08. The van der Waals surface area contributed by atoms with Crippen molar-refractivity contribution in [1.82, 2.24) is 9.97 Å². The van der Waals surface area contributed by atoms with Gasteiger partial charge in [0, 0.05) is 31.6 Å². The lowest BCUT2D eigenvalue weighted by atomic mass is 10.0. The zero-order chi connectivity index (χ0) is 12.3. The quantitative estimate of drug-likeness (QED) is 0.840. The molecule has 2 unspecified atom stereocenters. The van der Waals surface area contributed by atoms with Crippen LogP contribution in [0, 0.1) is 5.92 Å². The SMILES string of the molecule is CCc1nc(Cl)cc(NCC2CCOC2C)n1. The lowest BCUT2D eigenvalue weighted by molar-refractivity contribution is 0.108. The third-order valence-electron chi connectivity index (χ3n) is 3.14. The molecule has 0 aliphatic carbocycles. The molecule has 2 heterocycles. The minimum Gasteiger partial charge on any atom is -0.378 e. The number of nitrogens with zero attached hydrogens (tertiary/aromatic N) is 2. The van der Waals surface area contributed by atoms with Crippen molar-refractivity contribution in [3.05, 3.63) is 17.0 Å². The second kappa shape index (κ2) is 5.65. The van der Waals surface area contributed by atoms with E-state index >= 15 is 0 Å². The molecule has 5 heteroatoms. The number of hydrogen-bond acceptors (Lipinski definition) is 4. The fraction of sp³-hybridized carbons (Fsp3) is 0.667. The lowest BCUT2D eigenvalue weighted by Gasteiger charge is -2.15. The fourth-order valence-electron chi connectivity index (χ4n) is 1.99. The van der Waals surface area contributed by atoms with E-state index in [1.807, 2.05) is 6.92 Å². The van der Waals surface area contributed by atoms with Gasteiger partial charge in [-0.25, -0.2) is 9.97 Å². The highest BCUT2D eigenvalue weighted by atomic mass is 35.5. The summed E-state index contributed by atoms with van der Waals surface area (Å²) in [6, 6.07) is 1.77. The summed E-state index contributed by atoms with van der Waals surface area (Å²) in [5.41, 5.74) is 0. The molecule has 2 rings (SSSR count). The third kappa shape index (κ3) is 3.30. The average molecular weight is 256 g/mol. The molecule has 17 heavy (non-hydrogen) atoms. The summed E-state index contributed by atoms with van der Waals surface area (Å²) in [4.78, 5) is 8.53. The maximum absolute atomic E-state index is 5.94. The molecule has 1 aliphatic heterocycles. The molecular weight excluding hydrogens is 238 g/mol. The van der Waals surface area contributed by atoms with Gasteiger partial charge in [-0.05, 0) is 13.3 Å². The van der Waals surface area contributed by atoms with Gasteiger partial charge in [-0.3, -0.25) is 0 Å². The molecular formula is C12H18ClN3O. The minimum atomic E-state index is 0.324. The van der Waals surface area contributed by atoms with Crippen LogP contribution in [0.3, 0.4) is 0 Å². The van der Waals surface area contributed by atoms with Crippen LogP contribution in [0.25, 0.3) is 0 Å². The molecule has 2 atom stereocenters. The van der Waals surface area contributed by atoms with Gasteiger partial charge in [0.1, 0.15) is 16.8 Å². The number of aromatic nitrogens is 2. The summed E-state index contributed by atoms with van der Waals surface area (Å²) in [7, 11) is 0. The Kier molecular flexibility index (Phi) is 4.18. The Hall–Kier alpha value is -0.870. The van der Waals surface area contributed by atoms with Gasteiger partial charge in [-0.15, -0.1) is 0 Å². The summed E-state index contributed by atoms with van der Waals surface area (Å²) in [6.45, 7) is 5.86. The molecule has 1 aliphatic rings. The van der Waals surface area contributed by atoms with E-state index in [0.29, 0.717) is 17.2 Å². The van der Waals surface area contributed by atoms with Crippen LogP contribution in [0.4, 0.5) is 5.82 Å². The highest BCUT2D eigenvalue weighted by Crippen LogP contribution is 2.21. The van der Waals surface area contributed by atoms with Gasteiger partial charge in [-0.1, -0.05) is 18.5 Å². The van der Waals surface area contributed by atoms with E-state index in [0.717, 1.165) is 37.6 Å². The van der Waals surface area contributed by atoms with Crippen molar-refractivity contribution in [1.29, 1.82) is 0 Å². The second-order valence-electron chi connectivity index (χ2n) is 4.35. The smallest absolute Gasteiger partial charge is 0.134 e. The lowest BCUT2D eigenvalue weighted by Crippen LogP contribution is -2.21. The molecule has 0 saturated carbocycles. The van der Waals surface area contributed by atoms with E-state index in [1.165, 1.54) is 0 Å². The second-order valence-corrected chi connectivity index (χ2v) is 4.74. The molecule has 0 radical (unpaired) electrons. The molecule has 4 nitrogen and oxygen atoms in total. The van der Waals surface area contributed by atoms with Crippen molar-refractivity contribution in [3.63, 3.8) is 0 Å². The van der Waals surface area contributed by atoms with E-state index in [2.05, 4.69) is 22.2 Å². The topological polar surface area (TPSA) is 47.0 Å². The minimum absolute atomic E-state index is 0.324. The van der Waals surface area contributed by atoms with Crippen LogP contribution >= 0.6 is 11.6 Å². The third-order valence-corrected chi connectivity index (χ3v) is 3.33. The Morgan fingerprint density at radius 2 is 2.35 bits per heavy atom. The van der Waals surface area contributed by atoms with E-state index in [9.17, 15) is 0 Å². The van der Waals surface area contributed by atoms with Gasteiger partial charge < -0.3 is 10.1 Å². The fourth-order valence-corrected chi connectivity index (χ4v) is 2.19. The van der Waals surface area contributed by atoms with Gasteiger partial charge >= 0.3 is 0 Å². The van der Waals surface area contributed by atoms with E-state index in [1.54, 1.807) is 6.07 Å². The molecule has 0 spiro atoms. The van der Waals surface area contributed by atoms with Crippen molar-refractivity contribution in [2.24, 2.45) is 5.92 Å². The van der Waals surface area contributed by atoms with Gasteiger partial charge in [0.2, 0.25) is 0 Å². The summed E-state index contributed by atoms with van der Waals surface area (Å²) >= 11 is 5.94. The highest BCUT2D eigenvalue weighted by molar-refractivity contribution is 6.29. The number of ether oxygens (including phenoxy) is 1. The van der Waals surface area contributed by atoms with Crippen LogP contribution in [-0.2, 0) is 11.2 Å². The molecule has 1 aromatic heterocycles. The standard InChI is InChI=1S/C12H18ClN3O/c1-3-11-15-10(13)6-12(16-11)14-7-9-4-5-17-8(9)2/h6,8-9H,3-5,7H2,1-2H3,(H,14,15,16). The van der Waals surface area contributed by atoms with E-state index < -0.39 is 0 Å². The molecule has 1 fully saturated rings. The average Bonchev–Trinajstić information content (AvgIpc) is 2.71. The van der Waals surface area contributed by atoms with Crippen LogP contribution < -0.4 is 5.32 Å². The van der Waals surface area contributed by atoms with Gasteiger partial charge in [-0.2, -0.15) is 0 Å².